The zero-order valence-electron chi connectivity index (χ0n) is 3.95. The van der Waals surface area contributed by atoms with E-state index in [1.807, 2.05) is 0 Å². The van der Waals surface area contributed by atoms with Crippen LogP contribution in [0.2, 0.25) is 0 Å². The van der Waals surface area contributed by atoms with Crippen LogP contribution < -0.4 is 19.6 Å². The van der Waals surface area contributed by atoms with Crippen molar-refractivity contribution in [1.29, 1.82) is 0 Å². The van der Waals surface area contributed by atoms with Crippen molar-refractivity contribution in [2.24, 2.45) is 0 Å². The summed E-state index contributed by atoms with van der Waals surface area (Å²) in [6.07, 6.45) is 0. The van der Waals surface area contributed by atoms with Crippen LogP contribution in [-0.4, -0.2) is 0 Å². The van der Waals surface area contributed by atoms with Gasteiger partial charge in [0.25, 0.3) is 0 Å². The van der Waals surface area contributed by atoms with Gasteiger partial charge in [-0.2, -0.15) is 0 Å². The first-order valence-corrected chi connectivity index (χ1v) is 3.67. The van der Waals surface area contributed by atoms with Crippen molar-refractivity contribution in [3.05, 3.63) is 0 Å². The van der Waals surface area contributed by atoms with E-state index in [1.165, 1.54) is 0 Å². The van der Waals surface area contributed by atoms with E-state index in [-0.39, 0.29) is 25.8 Å². The van der Waals surface area contributed by atoms with Crippen molar-refractivity contribution in [3.8, 4) is 0 Å². The summed E-state index contributed by atoms with van der Waals surface area (Å²) < 4.78 is 17.0. The third-order valence-electron chi connectivity index (χ3n) is 0. The molecule has 0 aliphatic heterocycles. The van der Waals surface area contributed by atoms with Crippen molar-refractivity contribution in [3.63, 3.8) is 0 Å². The monoisotopic (exact) mass is 340 g/mol. The van der Waals surface area contributed by atoms with E-state index >= 15 is 0 Å². The van der Waals surface area contributed by atoms with Crippen molar-refractivity contribution in [1.82, 2.24) is 0 Å². The van der Waals surface area contributed by atoms with E-state index in [0.29, 0.717) is 0 Å². The molecule has 0 rings (SSSR count). The Labute approximate surface area is 71.2 Å². The normalized spacial score (nSPS) is 7.78. The van der Waals surface area contributed by atoms with Gasteiger partial charge in [0.1, 0.15) is 0 Å². The summed E-state index contributed by atoms with van der Waals surface area (Å²) in [5, 5.41) is 0. The van der Waals surface area contributed by atoms with Crippen molar-refractivity contribution < 1.29 is 54.5 Å². The second kappa shape index (κ2) is 11.9. The van der Waals surface area contributed by atoms with Gasteiger partial charge in [-0.05, 0) is 0 Å². The zero-order chi connectivity index (χ0) is 7.15. The summed E-state index contributed by atoms with van der Waals surface area (Å²) in [5.74, 6) is 0. The van der Waals surface area contributed by atoms with Crippen LogP contribution in [-0.2, 0) is 35.0 Å². The van der Waals surface area contributed by atoms with Gasteiger partial charge in [0.2, 0.25) is 0 Å². The van der Waals surface area contributed by atoms with Crippen molar-refractivity contribution >= 4 is 16.5 Å². The zero-order valence-corrected chi connectivity index (χ0v) is 9.54. The van der Waals surface area contributed by atoms with Gasteiger partial charge in [0, 0.05) is 0 Å². The summed E-state index contributed by atoms with van der Waals surface area (Å²) in [6, 6.07) is 0. The standard InChI is InChI=1S/Hf.2H3O3P/c;2*1-4(2)3/h;2*4H,(H2,1,2,3)/q+4;;/p-4. The number of rotatable bonds is 0. The Balaban J connectivity index is -0.0000000720. The predicted octanol–water partition coefficient (Wildman–Crippen LogP) is -3.81. The SMILES string of the molecule is O=[PH]([O-])[O-].O=[PH]([O-])[O-].[Hf+4]. The van der Waals surface area contributed by atoms with Crippen LogP contribution in [0.25, 0.3) is 0 Å². The van der Waals surface area contributed by atoms with E-state index in [4.69, 9.17) is 28.7 Å². The molecule has 0 amide bonds. The molecule has 0 saturated heterocycles. The molecule has 6 nitrogen and oxygen atoms in total. The second-order valence-electron chi connectivity index (χ2n) is 0.500. The second-order valence-corrected chi connectivity index (χ2v) is 1.50. The first-order valence-electron chi connectivity index (χ1n) is 1.22. The molecule has 0 heterocycles. The van der Waals surface area contributed by atoms with Crippen molar-refractivity contribution in [2.75, 3.05) is 0 Å². The fourth-order valence-corrected chi connectivity index (χ4v) is 0. The third-order valence-corrected chi connectivity index (χ3v) is 0. The van der Waals surface area contributed by atoms with Gasteiger partial charge in [0.05, 0.1) is 0 Å². The van der Waals surface area contributed by atoms with E-state index in [9.17, 15) is 0 Å². The third kappa shape index (κ3) is 344. The smallest absolute Gasteiger partial charge is 0.813 e. The minimum Gasteiger partial charge on any atom is -0.813 e. The number of hydrogen-bond donors (Lipinski definition) is 0. The number of hydrogen-bond acceptors (Lipinski definition) is 6. The molecular formula is H2HfO6P2. The molecule has 0 aromatic rings. The minimum atomic E-state index is -3.63. The summed E-state index contributed by atoms with van der Waals surface area (Å²) in [7, 11) is -7.26. The van der Waals surface area contributed by atoms with Gasteiger partial charge in [-0.1, -0.05) is 16.5 Å². The molecule has 0 atom stereocenters. The average Bonchev–Trinajstić information content (AvgIpc) is 1.25. The fraction of sp³-hybridized carbons (Fsp3) is 0. The van der Waals surface area contributed by atoms with Gasteiger partial charge >= 0.3 is 25.8 Å². The van der Waals surface area contributed by atoms with Crippen LogP contribution in [0.5, 0.6) is 0 Å². The Morgan fingerprint density at radius 1 is 0.778 bits per heavy atom. The summed E-state index contributed by atoms with van der Waals surface area (Å²) in [6.45, 7) is 0. The average molecular weight is 338 g/mol. The van der Waals surface area contributed by atoms with Crippen molar-refractivity contribution in [2.45, 2.75) is 0 Å². The Morgan fingerprint density at radius 2 is 0.778 bits per heavy atom. The molecule has 9 heteroatoms. The fourth-order valence-electron chi connectivity index (χ4n) is 0. The Morgan fingerprint density at radius 3 is 0.778 bits per heavy atom. The van der Waals surface area contributed by atoms with Crippen LogP contribution in [0.3, 0.4) is 0 Å². The molecule has 0 saturated carbocycles. The molecule has 0 aromatic carbocycles. The van der Waals surface area contributed by atoms with E-state index in [0.717, 1.165) is 0 Å². The van der Waals surface area contributed by atoms with Gasteiger partial charge in [0.15, 0.2) is 0 Å². The molecule has 9 heavy (non-hydrogen) atoms. The van der Waals surface area contributed by atoms with E-state index in [2.05, 4.69) is 0 Å². The van der Waals surface area contributed by atoms with Crippen LogP contribution in [0.4, 0.5) is 0 Å². The molecule has 0 unspecified atom stereocenters. The molecule has 0 radical (unpaired) electrons. The molecule has 0 spiro atoms. The van der Waals surface area contributed by atoms with Gasteiger partial charge in [-0.3, -0.25) is 0 Å². The largest absolute Gasteiger partial charge is 4.00 e. The van der Waals surface area contributed by atoms with Crippen LogP contribution in [0, 0.1) is 0 Å². The Kier molecular flexibility index (Phi) is 22.0. The maximum absolute atomic E-state index is 8.52. The molecule has 0 N–H and O–H groups in total. The first-order chi connectivity index (χ1) is 3.46. The molecule has 0 aromatic heterocycles. The Hall–Kier alpha value is 1.17. The van der Waals surface area contributed by atoms with E-state index in [1.54, 1.807) is 0 Å². The molecule has 0 aliphatic rings. The quantitative estimate of drug-likeness (QED) is 0.329. The predicted molar refractivity (Wildman–Crippen MR) is 18.0 cm³/mol. The first kappa shape index (κ1) is 16.6. The molecule has 0 aliphatic carbocycles. The maximum atomic E-state index is 8.52. The summed E-state index contributed by atoms with van der Waals surface area (Å²) in [5.41, 5.74) is 0. The van der Waals surface area contributed by atoms with Gasteiger partial charge in [-0.15, -0.1) is 0 Å². The Bertz CT molecular complexity index is 69.1. The molecule has 0 fully saturated rings. The summed E-state index contributed by atoms with van der Waals surface area (Å²) in [4.78, 5) is 34.1. The van der Waals surface area contributed by atoms with Crippen LogP contribution in [0.15, 0.2) is 0 Å². The van der Waals surface area contributed by atoms with Crippen LogP contribution in [0.1, 0.15) is 0 Å². The topological polar surface area (TPSA) is 126 Å². The van der Waals surface area contributed by atoms with Gasteiger partial charge < -0.3 is 28.7 Å². The molecule has 52 valence electrons. The maximum Gasteiger partial charge on any atom is 4.00 e. The van der Waals surface area contributed by atoms with Crippen LogP contribution >= 0.6 is 16.5 Å². The minimum absolute atomic E-state index is 0. The molecular weight excluding hydrogens is 336 g/mol. The van der Waals surface area contributed by atoms with Gasteiger partial charge in [-0.25, -0.2) is 0 Å². The van der Waals surface area contributed by atoms with E-state index < -0.39 is 16.5 Å². The summed E-state index contributed by atoms with van der Waals surface area (Å²) >= 11 is 0. The molecule has 0 bridgehead atoms.